The van der Waals surface area contributed by atoms with Crippen LogP contribution in [0.2, 0.25) is 0 Å². The molecule has 1 aromatic heterocycles. The number of amides is 1. The normalized spacial score (nSPS) is 21.4. The van der Waals surface area contributed by atoms with Crippen LogP contribution in [0.3, 0.4) is 0 Å². The summed E-state index contributed by atoms with van der Waals surface area (Å²) < 4.78 is 54.0. The quantitative estimate of drug-likeness (QED) is 0.341. The molecule has 0 fully saturated rings. The first-order valence-corrected chi connectivity index (χ1v) is 17.8. The average Bonchev–Trinajstić information content (AvgIpc) is 3.71. The highest BCUT2D eigenvalue weighted by atomic mass is 32.2. The standard InChI is InChI=1S/C34H47N5O8S/c1-23-16-39(24(2)20-40)34(41)28-15-27(36-48(42,43)33-19-38(5)21-35-33)10-12-29(28)47-25(3)8-6-7-13-44-32(23)18-37(4)17-26-9-11-30-31(14-26)46-22-45-30/h9-12,14-15,19,21,23-25,32,36,40H,6-8,13,16-18,20,22H2,1-5H3/t23-,24+,25-,32+/m1/s1. The number of carbonyl (C=O) groups is 1. The Bertz CT molecular complexity index is 1660. The van der Waals surface area contributed by atoms with E-state index in [1.165, 1.54) is 23.2 Å². The third-order valence-electron chi connectivity index (χ3n) is 8.64. The van der Waals surface area contributed by atoms with Crippen LogP contribution in [-0.2, 0) is 28.4 Å². The largest absolute Gasteiger partial charge is 0.490 e. The molecule has 13 nitrogen and oxygen atoms in total. The van der Waals surface area contributed by atoms with Gasteiger partial charge in [0.2, 0.25) is 6.79 Å². The minimum absolute atomic E-state index is 0.112. The third kappa shape index (κ3) is 8.78. The second kappa shape index (κ2) is 15.6. The van der Waals surface area contributed by atoms with Crippen LogP contribution in [0.4, 0.5) is 5.69 Å². The number of carbonyl (C=O) groups excluding carboxylic acids is 1. The predicted molar refractivity (Wildman–Crippen MR) is 180 cm³/mol. The van der Waals surface area contributed by atoms with Crippen molar-refractivity contribution in [2.75, 3.05) is 44.9 Å². The minimum Gasteiger partial charge on any atom is -0.490 e. The smallest absolute Gasteiger partial charge is 0.280 e. The van der Waals surface area contributed by atoms with Gasteiger partial charge in [-0.3, -0.25) is 14.4 Å². The Morgan fingerprint density at radius 1 is 1.10 bits per heavy atom. The highest BCUT2D eigenvalue weighted by Crippen LogP contribution is 2.33. The van der Waals surface area contributed by atoms with E-state index in [4.69, 9.17) is 18.9 Å². The first-order chi connectivity index (χ1) is 22.9. The van der Waals surface area contributed by atoms with Gasteiger partial charge >= 0.3 is 0 Å². The summed E-state index contributed by atoms with van der Waals surface area (Å²) in [5.74, 6) is 1.34. The van der Waals surface area contributed by atoms with Crippen molar-refractivity contribution in [3.63, 3.8) is 0 Å². The van der Waals surface area contributed by atoms with Gasteiger partial charge in [-0.15, -0.1) is 0 Å². The van der Waals surface area contributed by atoms with Crippen molar-refractivity contribution >= 4 is 21.6 Å². The fourth-order valence-corrected chi connectivity index (χ4v) is 6.94. The Hall–Kier alpha value is -3.85. The molecule has 0 bridgehead atoms. The number of aliphatic hydroxyl groups is 1. The zero-order valence-corrected chi connectivity index (χ0v) is 29.1. The molecular formula is C34H47N5O8S. The predicted octanol–water partition coefficient (Wildman–Crippen LogP) is 3.88. The van der Waals surface area contributed by atoms with E-state index in [0.29, 0.717) is 32.0 Å². The monoisotopic (exact) mass is 685 g/mol. The minimum atomic E-state index is -4.01. The molecule has 4 atom stereocenters. The summed E-state index contributed by atoms with van der Waals surface area (Å²) >= 11 is 0. The molecule has 262 valence electrons. The van der Waals surface area contributed by atoms with Crippen molar-refractivity contribution in [3.8, 4) is 17.2 Å². The number of rotatable bonds is 9. The van der Waals surface area contributed by atoms with Crippen LogP contribution < -0.4 is 18.9 Å². The van der Waals surface area contributed by atoms with Crippen molar-refractivity contribution in [3.05, 3.63) is 60.0 Å². The molecule has 3 heterocycles. The topological polar surface area (TPSA) is 145 Å². The van der Waals surface area contributed by atoms with Gasteiger partial charge in [-0.2, -0.15) is 8.42 Å². The maximum absolute atomic E-state index is 14.4. The Morgan fingerprint density at radius 3 is 2.62 bits per heavy atom. The van der Waals surface area contributed by atoms with Gasteiger partial charge in [0.1, 0.15) is 5.75 Å². The Labute approximate surface area is 282 Å². The summed E-state index contributed by atoms with van der Waals surface area (Å²) in [7, 11) is -0.290. The second-order valence-corrected chi connectivity index (χ2v) is 14.5. The van der Waals surface area contributed by atoms with Gasteiger partial charge in [-0.1, -0.05) is 13.0 Å². The highest BCUT2D eigenvalue weighted by molar-refractivity contribution is 7.92. The summed E-state index contributed by atoms with van der Waals surface area (Å²) in [5.41, 5.74) is 1.48. The molecule has 2 aliphatic rings. The number of fused-ring (bicyclic) bond motifs is 2. The van der Waals surface area contributed by atoms with Gasteiger partial charge in [-0.05, 0) is 76.1 Å². The molecule has 0 unspecified atom stereocenters. The first-order valence-electron chi connectivity index (χ1n) is 16.4. The van der Waals surface area contributed by atoms with E-state index in [-0.39, 0.29) is 53.7 Å². The zero-order valence-electron chi connectivity index (χ0n) is 28.3. The number of imidazole rings is 1. The van der Waals surface area contributed by atoms with E-state index in [1.54, 1.807) is 31.0 Å². The van der Waals surface area contributed by atoms with Crippen molar-refractivity contribution in [1.82, 2.24) is 19.4 Å². The molecule has 0 radical (unpaired) electrons. The fourth-order valence-electron chi connectivity index (χ4n) is 5.91. The lowest BCUT2D eigenvalue weighted by atomic mass is 10.0. The number of hydrogen-bond donors (Lipinski definition) is 2. The van der Waals surface area contributed by atoms with Gasteiger partial charge in [0.25, 0.3) is 15.9 Å². The van der Waals surface area contributed by atoms with Crippen molar-refractivity contribution in [1.29, 1.82) is 0 Å². The molecule has 2 aliphatic heterocycles. The molecule has 2 N–H and O–H groups in total. The molecule has 1 amide bonds. The van der Waals surface area contributed by atoms with Crippen LogP contribution in [-0.4, -0.2) is 97.2 Å². The summed E-state index contributed by atoms with van der Waals surface area (Å²) in [6.45, 7) is 7.88. The van der Waals surface area contributed by atoms with Gasteiger partial charge in [0, 0.05) is 51.1 Å². The number of nitrogens with one attached hydrogen (secondary N) is 1. The number of hydrogen-bond acceptors (Lipinski definition) is 10. The molecular weight excluding hydrogens is 638 g/mol. The number of nitrogens with zero attached hydrogens (tertiary/aromatic N) is 4. The maximum Gasteiger partial charge on any atom is 0.280 e. The van der Waals surface area contributed by atoms with Crippen molar-refractivity contribution < 1.29 is 37.3 Å². The summed E-state index contributed by atoms with van der Waals surface area (Å²) in [6, 6.07) is 10.1. The average molecular weight is 686 g/mol. The van der Waals surface area contributed by atoms with Crippen molar-refractivity contribution in [2.45, 2.75) is 69.9 Å². The fraction of sp³-hybridized carbons (Fsp3) is 0.529. The van der Waals surface area contributed by atoms with E-state index in [2.05, 4.69) is 14.6 Å². The van der Waals surface area contributed by atoms with Gasteiger partial charge in [0.15, 0.2) is 16.5 Å². The number of aromatic nitrogens is 2. The molecule has 3 aromatic rings. The van der Waals surface area contributed by atoms with Gasteiger partial charge < -0.3 is 33.5 Å². The van der Waals surface area contributed by atoms with Crippen LogP contribution in [0, 0.1) is 5.92 Å². The van der Waals surface area contributed by atoms with Crippen LogP contribution in [0.25, 0.3) is 0 Å². The number of aliphatic hydroxyl groups excluding tert-OH is 1. The van der Waals surface area contributed by atoms with E-state index >= 15 is 0 Å². The number of anilines is 1. The number of aryl methyl sites for hydroxylation is 1. The van der Waals surface area contributed by atoms with Gasteiger partial charge in [-0.25, -0.2) is 4.98 Å². The lowest BCUT2D eigenvalue weighted by Crippen LogP contribution is -2.47. The van der Waals surface area contributed by atoms with E-state index in [9.17, 15) is 18.3 Å². The number of sulfonamides is 1. The first kappa shape index (κ1) is 35.5. The molecule has 14 heteroatoms. The van der Waals surface area contributed by atoms with Crippen LogP contribution in [0.15, 0.2) is 53.9 Å². The second-order valence-electron chi connectivity index (χ2n) is 12.9. The Morgan fingerprint density at radius 2 is 1.88 bits per heavy atom. The van der Waals surface area contributed by atoms with E-state index in [1.807, 2.05) is 39.1 Å². The SMILES string of the molecule is C[C@@H]1CCCCO[C@@H](CN(C)Cc2ccc3c(c2)OCO3)[C@H](C)CN([C@@H](C)CO)C(=O)c2cc(NS(=O)(=O)c3cn(C)cn3)ccc2O1. The molecule has 48 heavy (non-hydrogen) atoms. The molecule has 0 saturated heterocycles. The molecule has 5 rings (SSSR count). The number of benzene rings is 2. The summed E-state index contributed by atoms with van der Waals surface area (Å²) in [6.07, 6.45) is 4.84. The number of likely N-dealkylation sites (N-methyl/N-ethyl adjacent to an activating group) is 1. The highest BCUT2D eigenvalue weighted by Gasteiger charge is 2.31. The third-order valence-corrected chi connectivity index (χ3v) is 9.91. The lowest BCUT2D eigenvalue weighted by molar-refractivity contribution is -0.0177. The van der Waals surface area contributed by atoms with Crippen LogP contribution in [0.5, 0.6) is 17.2 Å². The lowest BCUT2D eigenvalue weighted by Gasteiger charge is -2.36. The molecule has 0 aliphatic carbocycles. The summed E-state index contributed by atoms with van der Waals surface area (Å²) in [4.78, 5) is 22.2. The van der Waals surface area contributed by atoms with Crippen LogP contribution >= 0.6 is 0 Å². The van der Waals surface area contributed by atoms with Gasteiger partial charge in [0.05, 0.1) is 36.7 Å². The zero-order chi connectivity index (χ0) is 34.4. The van der Waals surface area contributed by atoms with E-state index < -0.39 is 16.1 Å². The maximum atomic E-state index is 14.4. The molecule has 2 aromatic carbocycles. The van der Waals surface area contributed by atoms with Crippen LogP contribution in [0.1, 0.15) is 56.0 Å². The van der Waals surface area contributed by atoms with E-state index in [0.717, 1.165) is 36.3 Å². The molecule has 0 saturated carbocycles. The summed E-state index contributed by atoms with van der Waals surface area (Å²) in [5, 5.41) is 10.1. The molecule has 0 spiro atoms. The Kier molecular flexibility index (Phi) is 11.5. The number of ether oxygens (including phenoxy) is 4. The Balaban J connectivity index is 1.40. The van der Waals surface area contributed by atoms with Crippen molar-refractivity contribution in [2.24, 2.45) is 13.0 Å².